The number of hydrogen-bond acceptors (Lipinski definition) is 4. The van der Waals surface area contributed by atoms with Crippen LogP contribution in [-0.2, 0) is 20.8 Å². The van der Waals surface area contributed by atoms with E-state index in [1.165, 1.54) is 17.0 Å². The first kappa shape index (κ1) is 17.7. The second kappa shape index (κ2) is 7.72. The van der Waals surface area contributed by atoms with E-state index in [0.29, 0.717) is 6.42 Å². The van der Waals surface area contributed by atoms with Gasteiger partial charge in [-0.25, -0.2) is 5.01 Å². The molecular formula is C17H22N4O3. The molecule has 24 heavy (non-hydrogen) atoms. The van der Waals surface area contributed by atoms with Crippen LogP contribution in [0.1, 0.15) is 18.4 Å². The van der Waals surface area contributed by atoms with Crippen LogP contribution in [0.3, 0.4) is 0 Å². The fourth-order valence-corrected chi connectivity index (χ4v) is 2.44. The Morgan fingerprint density at radius 1 is 1.25 bits per heavy atom. The molecule has 3 amide bonds. The highest BCUT2D eigenvalue weighted by atomic mass is 16.2. The molecule has 1 N–H and O–H groups in total. The van der Waals surface area contributed by atoms with E-state index in [-0.39, 0.29) is 30.4 Å². The summed E-state index contributed by atoms with van der Waals surface area (Å²) < 4.78 is 0. The summed E-state index contributed by atoms with van der Waals surface area (Å²) >= 11 is 0. The van der Waals surface area contributed by atoms with Gasteiger partial charge in [0, 0.05) is 40.4 Å². The zero-order valence-corrected chi connectivity index (χ0v) is 14.2. The van der Waals surface area contributed by atoms with Crippen molar-refractivity contribution in [3.8, 4) is 0 Å². The molecule has 2 rings (SSSR count). The van der Waals surface area contributed by atoms with Crippen molar-refractivity contribution in [2.45, 2.75) is 25.3 Å². The molecule has 0 saturated heterocycles. The van der Waals surface area contributed by atoms with Gasteiger partial charge in [-0.3, -0.25) is 14.4 Å². The topological polar surface area (TPSA) is 82.1 Å². The van der Waals surface area contributed by atoms with Crippen molar-refractivity contribution >= 4 is 23.4 Å². The van der Waals surface area contributed by atoms with Crippen LogP contribution >= 0.6 is 0 Å². The predicted octanol–water partition coefficient (Wildman–Crippen LogP) is 0.410. The molecule has 1 aromatic carbocycles. The lowest BCUT2D eigenvalue weighted by Crippen LogP contribution is -2.50. The van der Waals surface area contributed by atoms with Crippen molar-refractivity contribution in [2.75, 3.05) is 21.1 Å². The van der Waals surface area contributed by atoms with Gasteiger partial charge in [-0.1, -0.05) is 30.3 Å². The van der Waals surface area contributed by atoms with Crippen molar-refractivity contribution in [2.24, 2.45) is 5.10 Å². The van der Waals surface area contributed by atoms with Crippen LogP contribution in [0.25, 0.3) is 0 Å². The maximum absolute atomic E-state index is 12.4. The van der Waals surface area contributed by atoms with Gasteiger partial charge in [-0.15, -0.1) is 0 Å². The molecule has 1 atom stereocenters. The van der Waals surface area contributed by atoms with Gasteiger partial charge in [-0.05, 0) is 5.56 Å². The Morgan fingerprint density at radius 3 is 2.50 bits per heavy atom. The van der Waals surface area contributed by atoms with Gasteiger partial charge < -0.3 is 10.2 Å². The lowest BCUT2D eigenvalue weighted by molar-refractivity contribution is -0.133. The lowest BCUT2D eigenvalue weighted by Gasteiger charge is -2.24. The summed E-state index contributed by atoms with van der Waals surface area (Å²) in [5.41, 5.74) is 1.22. The number of carbonyl (C=O) groups is 3. The molecule has 1 aromatic rings. The van der Waals surface area contributed by atoms with Crippen LogP contribution < -0.4 is 5.32 Å². The summed E-state index contributed by atoms with van der Waals surface area (Å²) in [5, 5.41) is 7.91. The quantitative estimate of drug-likeness (QED) is 0.849. The largest absolute Gasteiger partial charge is 0.347 e. The number of carbonyl (C=O) groups excluding carboxylic acids is 3. The number of benzene rings is 1. The maximum atomic E-state index is 12.4. The van der Waals surface area contributed by atoms with E-state index in [1.54, 1.807) is 14.1 Å². The Kier molecular flexibility index (Phi) is 5.68. The molecule has 0 fully saturated rings. The first-order chi connectivity index (χ1) is 11.4. The molecular weight excluding hydrogens is 308 g/mol. The number of nitrogens with one attached hydrogen (secondary N) is 1. The molecule has 1 aliphatic heterocycles. The first-order valence-corrected chi connectivity index (χ1v) is 7.78. The van der Waals surface area contributed by atoms with Gasteiger partial charge in [-0.2, -0.15) is 5.10 Å². The van der Waals surface area contributed by atoms with Crippen molar-refractivity contribution in [1.82, 2.24) is 15.2 Å². The monoisotopic (exact) mass is 330 g/mol. The molecule has 1 aliphatic rings. The molecule has 7 nitrogen and oxygen atoms in total. The summed E-state index contributed by atoms with van der Waals surface area (Å²) in [6, 6.07) is 8.81. The van der Waals surface area contributed by atoms with E-state index in [9.17, 15) is 14.4 Å². The number of hydrogen-bond donors (Lipinski definition) is 1. The molecule has 0 aliphatic carbocycles. The second-order valence-corrected chi connectivity index (χ2v) is 5.91. The van der Waals surface area contributed by atoms with Gasteiger partial charge in [0.15, 0.2) is 0 Å². The molecule has 0 aromatic heterocycles. The van der Waals surface area contributed by atoms with Gasteiger partial charge in [0.25, 0.3) is 5.91 Å². The summed E-state index contributed by atoms with van der Waals surface area (Å²) in [6.07, 6.45) is 0.919. The minimum absolute atomic E-state index is 0.128. The Labute approximate surface area is 141 Å². The normalized spacial score (nSPS) is 15.5. The third-order valence-corrected chi connectivity index (χ3v) is 3.80. The van der Waals surface area contributed by atoms with Crippen LogP contribution in [0.4, 0.5) is 0 Å². The number of likely N-dealkylation sites (N-methyl/N-ethyl adjacent to an activating group) is 1. The van der Waals surface area contributed by atoms with Gasteiger partial charge >= 0.3 is 0 Å². The third kappa shape index (κ3) is 4.41. The van der Waals surface area contributed by atoms with Gasteiger partial charge in [0.05, 0.1) is 0 Å². The first-order valence-electron chi connectivity index (χ1n) is 7.78. The minimum atomic E-state index is -0.680. The van der Waals surface area contributed by atoms with Crippen LogP contribution in [0.15, 0.2) is 35.4 Å². The minimum Gasteiger partial charge on any atom is -0.347 e. The SMILES string of the molecule is CN(C)C(=O)[C@@H](Cc1ccccc1)NC(=O)C1=NN(C)C(=O)CC1. The number of rotatable bonds is 5. The van der Waals surface area contributed by atoms with Gasteiger partial charge in [0.2, 0.25) is 11.8 Å². The van der Waals surface area contributed by atoms with E-state index in [2.05, 4.69) is 10.4 Å². The van der Waals surface area contributed by atoms with E-state index >= 15 is 0 Å². The lowest BCUT2D eigenvalue weighted by atomic mass is 10.0. The van der Waals surface area contributed by atoms with Gasteiger partial charge in [0.1, 0.15) is 11.8 Å². The number of amides is 3. The molecule has 0 unspecified atom stereocenters. The molecule has 0 radical (unpaired) electrons. The third-order valence-electron chi connectivity index (χ3n) is 3.80. The highest BCUT2D eigenvalue weighted by Gasteiger charge is 2.27. The second-order valence-electron chi connectivity index (χ2n) is 5.91. The van der Waals surface area contributed by atoms with Crippen LogP contribution in [0.5, 0.6) is 0 Å². The molecule has 128 valence electrons. The zero-order valence-electron chi connectivity index (χ0n) is 14.2. The fraction of sp³-hybridized carbons (Fsp3) is 0.412. The van der Waals surface area contributed by atoms with Crippen LogP contribution in [0, 0.1) is 0 Å². The van der Waals surface area contributed by atoms with Crippen LogP contribution in [0.2, 0.25) is 0 Å². The number of nitrogens with zero attached hydrogens (tertiary/aromatic N) is 3. The molecule has 1 heterocycles. The van der Waals surface area contributed by atoms with Crippen molar-refractivity contribution in [1.29, 1.82) is 0 Å². The highest BCUT2D eigenvalue weighted by Crippen LogP contribution is 2.09. The van der Waals surface area contributed by atoms with Crippen molar-refractivity contribution < 1.29 is 14.4 Å². The number of hydrazone groups is 1. The maximum Gasteiger partial charge on any atom is 0.268 e. The Bertz CT molecular complexity index is 655. The fourth-order valence-electron chi connectivity index (χ4n) is 2.44. The zero-order chi connectivity index (χ0) is 17.7. The highest BCUT2D eigenvalue weighted by molar-refractivity contribution is 6.39. The summed E-state index contributed by atoms with van der Waals surface area (Å²) in [4.78, 5) is 37.7. The van der Waals surface area contributed by atoms with Crippen molar-refractivity contribution in [3.05, 3.63) is 35.9 Å². The Morgan fingerprint density at radius 2 is 1.92 bits per heavy atom. The average Bonchev–Trinajstić information content (AvgIpc) is 2.56. The molecule has 7 heteroatoms. The van der Waals surface area contributed by atoms with E-state index in [0.717, 1.165) is 5.56 Å². The van der Waals surface area contributed by atoms with E-state index < -0.39 is 11.9 Å². The molecule has 0 spiro atoms. The Hall–Kier alpha value is -2.70. The van der Waals surface area contributed by atoms with Crippen molar-refractivity contribution in [3.63, 3.8) is 0 Å². The molecule has 0 saturated carbocycles. The standard InChI is InChI=1S/C17H22N4O3/c1-20(2)17(24)14(11-12-7-5-4-6-8-12)18-16(23)13-9-10-15(22)21(3)19-13/h4-8,14H,9-11H2,1-3H3,(H,18,23)/t14-/m1/s1. The summed E-state index contributed by atoms with van der Waals surface area (Å²) in [6.45, 7) is 0. The summed E-state index contributed by atoms with van der Waals surface area (Å²) in [5.74, 6) is -0.727. The summed E-state index contributed by atoms with van der Waals surface area (Å²) in [7, 11) is 4.81. The Balaban J connectivity index is 2.13. The van der Waals surface area contributed by atoms with E-state index in [1.807, 2.05) is 30.3 Å². The molecule has 0 bridgehead atoms. The predicted molar refractivity (Wildman–Crippen MR) is 90.2 cm³/mol. The van der Waals surface area contributed by atoms with E-state index in [4.69, 9.17) is 0 Å². The van der Waals surface area contributed by atoms with Crippen LogP contribution in [-0.4, -0.2) is 60.5 Å². The smallest absolute Gasteiger partial charge is 0.268 e. The average molecular weight is 330 g/mol.